The van der Waals surface area contributed by atoms with Crippen LogP contribution >= 0.6 is 0 Å². The summed E-state index contributed by atoms with van der Waals surface area (Å²) >= 11 is 0. The molecule has 0 spiro atoms. The molecule has 3 rings (SSSR count). The molecule has 0 amide bonds. The van der Waals surface area contributed by atoms with Crippen LogP contribution in [0, 0.1) is 13.8 Å². The monoisotopic (exact) mass is 429 g/mol. The number of ether oxygens (including phenoxy) is 1. The van der Waals surface area contributed by atoms with Crippen LogP contribution in [0.2, 0.25) is 0 Å². The van der Waals surface area contributed by atoms with E-state index >= 15 is 0 Å². The molecule has 1 aromatic heterocycles. The number of rotatable bonds is 8. The molecule has 0 N–H and O–H groups in total. The van der Waals surface area contributed by atoms with Gasteiger partial charge in [-0.15, -0.1) is 5.10 Å². The molecule has 0 saturated carbocycles. The van der Waals surface area contributed by atoms with Crippen LogP contribution < -0.4 is 0 Å². The van der Waals surface area contributed by atoms with Crippen LogP contribution in [-0.4, -0.2) is 47.5 Å². The fraction of sp³-hybridized carbons (Fsp3) is 0.240. The van der Waals surface area contributed by atoms with Gasteiger partial charge in [0.1, 0.15) is 6.34 Å². The van der Waals surface area contributed by atoms with E-state index in [0.29, 0.717) is 23.6 Å². The van der Waals surface area contributed by atoms with Gasteiger partial charge in [0.15, 0.2) is 5.69 Å². The maximum absolute atomic E-state index is 12.8. The third-order valence-electron chi connectivity index (χ3n) is 4.82. The fourth-order valence-corrected chi connectivity index (χ4v) is 3.17. The zero-order valence-electron chi connectivity index (χ0n) is 18.9. The maximum Gasteiger partial charge on any atom is 0.358 e. The Morgan fingerprint density at radius 3 is 2.03 bits per heavy atom. The summed E-state index contributed by atoms with van der Waals surface area (Å²) in [5.41, 5.74) is 6.08. The lowest BCUT2D eigenvalue weighted by atomic mass is 10.0. The van der Waals surface area contributed by atoms with Crippen molar-refractivity contribution in [2.75, 3.05) is 13.7 Å². The van der Waals surface area contributed by atoms with Crippen molar-refractivity contribution >= 4 is 19.0 Å². The van der Waals surface area contributed by atoms with Crippen LogP contribution in [0.3, 0.4) is 0 Å². The zero-order valence-corrected chi connectivity index (χ0v) is 18.9. The van der Waals surface area contributed by atoms with E-state index in [2.05, 4.69) is 16.9 Å². The molecule has 2 aromatic carbocycles. The molecular weight excluding hydrogens is 402 g/mol. The third-order valence-corrected chi connectivity index (χ3v) is 4.82. The highest BCUT2D eigenvalue weighted by atomic mass is 16.5. The van der Waals surface area contributed by atoms with E-state index in [0.717, 1.165) is 22.3 Å². The van der Waals surface area contributed by atoms with Crippen LogP contribution in [0.4, 0.5) is 0 Å². The standard InChI is InChI=1S/C25H27N5O2/c1-6-32-25(31)24-21(15-30(5)16-27-26-4)28-22(19-11-7-17(2)8-12-19)23(29-24)20-13-9-18(3)10-14-20/h7-14,16H,4,6,15H2,1-3,5H3/b27-16-. The van der Waals surface area contributed by atoms with Crippen LogP contribution in [0.5, 0.6) is 0 Å². The van der Waals surface area contributed by atoms with Gasteiger partial charge in [0.2, 0.25) is 0 Å². The molecular formula is C25H27N5O2. The minimum atomic E-state index is -0.508. The van der Waals surface area contributed by atoms with Crippen molar-refractivity contribution in [2.45, 2.75) is 27.3 Å². The fourth-order valence-electron chi connectivity index (χ4n) is 3.17. The van der Waals surface area contributed by atoms with Crippen molar-refractivity contribution in [1.82, 2.24) is 14.9 Å². The van der Waals surface area contributed by atoms with Gasteiger partial charge in [-0.2, -0.15) is 5.10 Å². The van der Waals surface area contributed by atoms with Crippen molar-refractivity contribution in [2.24, 2.45) is 10.2 Å². The Kier molecular flexibility index (Phi) is 7.44. The van der Waals surface area contributed by atoms with E-state index in [-0.39, 0.29) is 12.3 Å². The number of benzene rings is 2. The highest BCUT2D eigenvalue weighted by Gasteiger charge is 2.22. The predicted molar refractivity (Wildman–Crippen MR) is 128 cm³/mol. The molecule has 0 bridgehead atoms. The van der Waals surface area contributed by atoms with Crippen molar-refractivity contribution in [1.29, 1.82) is 0 Å². The van der Waals surface area contributed by atoms with Crippen LogP contribution in [0.1, 0.15) is 34.2 Å². The second-order valence-electron chi connectivity index (χ2n) is 7.46. The Balaban J connectivity index is 2.23. The number of nitrogens with zero attached hydrogens (tertiary/aromatic N) is 5. The second kappa shape index (κ2) is 10.4. The molecule has 1 heterocycles. The quantitative estimate of drug-likeness (QED) is 0.225. The lowest BCUT2D eigenvalue weighted by molar-refractivity contribution is 0.0517. The summed E-state index contributed by atoms with van der Waals surface area (Å²) in [7, 11) is 1.81. The van der Waals surface area contributed by atoms with E-state index in [4.69, 9.17) is 14.7 Å². The molecule has 32 heavy (non-hydrogen) atoms. The minimum absolute atomic E-state index is 0.185. The highest BCUT2D eigenvalue weighted by molar-refractivity contribution is 5.91. The smallest absolute Gasteiger partial charge is 0.358 e. The van der Waals surface area contributed by atoms with Gasteiger partial charge in [-0.05, 0) is 20.8 Å². The Morgan fingerprint density at radius 1 is 1.00 bits per heavy atom. The Morgan fingerprint density at radius 2 is 1.53 bits per heavy atom. The largest absolute Gasteiger partial charge is 0.461 e. The van der Waals surface area contributed by atoms with E-state index in [1.54, 1.807) is 11.8 Å². The van der Waals surface area contributed by atoms with E-state index in [9.17, 15) is 4.79 Å². The second-order valence-corrected chi connectivity index (χ2v) is 7.46. The van der Waals surface area contributed by atoms with E-state index < -0.39 is 5.97 Å². The van der Waals surface area contributed by atoms with Crippen molar-refractivity contribution in [3.8, 4) is 22.5 Å². The maximum atomic E-state index is 12.8. The molecule has 0 aliphatic rings. The molecule has 0 unspecified atom stereocenters. The summed E-state index contributed by atoms with van der Waals surface area (Å²) in [4.78, 5) is 24.2. The molecule has 3 aromatic rings. The van der Waals surface area contributed by atoms with Gasteiger partial charge in [-0.3, -0.25) is 0 Å². The lowest BCUT2D eigenvalue weighted by Crippen LogP contribution is -2.21. The Hall–Kier alpha value is -3.87. The molecule has 0 aliphatic heterocycles. The van der Waals surface area contributed by atoms with Crippen LogP contribution in [0.15, 0.2) is 58.7 Å². The SMILES string of the molecule is C=N/N=C\N(C)Cc1nc(-c2ccc(C)cc2)c(-c2ccc(C)cc2)nc1C(=O)OCC. The summed E-state index contributed by atoms with van der Waals surface area (Å²) in [6, 6.07) is 16.1. The van der Waals surface area contributed by atoms with Crippen molar-refractivity contribution in [3.05, 3.63) is 71.0 Å². The molecule has 164 valence electrons. The molecule has 0 saturated heterocycles. The van der Waals surface area contributed by atoms with Crippen molar-refractivity contribution < 1.29 is 9.53 Å². The summed E-state index contributed by atoms with van der Waals surface area (Å²) in [6.45, 7) is 9.72. The molecule has 7 heteroatoms. The van der Waals surface area contributed by atoms with E-state index in [1.807, 2.05) is 69.4 Å². The average molecular weight is 430 g/mol. The van der Waals surface area contributed by atoms with Gasteiger partial charge < -0.3 is 9.64 Å². The van der Waals surface area contributed by atoms with Gasteiger partial charge in [-0.1, -0.05) is 59.7 Å². The Labute approximate surface area is 188 Å². The first kappa shape index (κ1) is 22.8. The van der Waals surface area contributed by atoms with Crippen LogP contribution in [0.25, 0.3) is 22.5 Å². The summed E-state index contributed by atoms with van der Waals surface area (Å²) in [6.07, 6.45) is 1.52. The highest BCUT2D eigenvalue weighted by Crippen LogP contribution is 2.31. The number of esters is 1. The first-order chi connectivity index (χ1) is 15.4. The summed E-state index contributed by atoms with van der Waals surface area (Å²) < 4.78 is 5.28. The summed E-state index contributed by atoms with van der Waals surface area (Å²) in [5, 5.41) is 7.28. The van der Waals surface area contributed by atoms with Gasteiger partial charge in [0, 0.05) is 24.9 Å². The lowest BCUT2D eigenvalue weighted by Gasteiger charge is -2.18. The normalized spacial score (nSPS) is 10.9. The number of aromatic nitrogens is 2. The Bertz CT molecular complexity index is 1120. The van der Waals surface area contributed by atoms with Crippen molar-refractivity contribution in [3.63, 3.8) is 0 Å². The molecule has 0 fully saturated rings. The van der Waals surface area contributed by atoms with Crippen LogP contribution in [-0.2, 0) is 11.3 Å². The first-order valence-electron chi connectivity index (χ1n) is 10.3. The number of carbonyl (C=O) groups is 1. The molecule has 7 nitrogen and oxygen atoms in total. The molecule has 0 atom stereocenters. The number of aryl methyl sites for hydroxylation is 2. The third kappa shape index (κ3) is 5.43. The number of hydrogen-bond acceptors (Lipinski definition) is 6. The average Bonchev–Trinajstić information content (AvgIpc) is 2.79. The molecule has 0 radical (unpaired) electrons. The van der Waals surface area contributed by atoms with Gasteiger partial charge in [0.25, 0.3) is 0 Å². The van der Waals surface area contributed by atoms with Gasteiger partial charge in [0.05, 0.1) is 30.2 Å². The van der Waals surface area contributed by atoms with Gasteiger partial charge >= 0.3 is 5.97 Å². The summed E-state index contributed by atoms with van der Waals surface area (Å²) in [5.74, 6) is -0.508. The molecule has 0 aliphatic carbocycles. The number of carbonyl (C=O) groups excluding carboxylic acids is 1. The first-order valence-corrected chi connectivity index (χ1v) is 10.3. The van der Waals surface area contributed by atoms with Gasteiger partial charge in [-0.25, -0.2) is 14.8 Å². The number of hydrogen-bond donors (Lipinski definition) is 0. The zero-order chi connectivity index (χ0) is 23.1. The predicted octanol–water partition coefficient (Wildman–Crippen LogP) is 4.68. The topological polar surface area (TPSA) is 80.0 Å². The van der Waals surface area contributed by atoms with E-state index in [1.165, 1.54) is 6.34 Å². The minimum Gasteiger partial charge on any atom is -0.461 e.